The van der Waals surface area contributed by atoms with Crippen LogP contribution in [-0.4, -0.2) is 47.0 Å². The quantitative estimate of drug-likeness (QED) is 0.728. The minimum Gasteiger partial charge on any atom is -0.496 e. The van der Waals surface area contributed by atoms with Crippen LogP contribution in [0.15, 0.2) is 36.5 Å². The van der Waals surface area contributed by atoms with Crippen LogP contribution in [0.4, 0.5) is 14.6 Å². The molecule has 1 saturated heterocycles. The van der Waals surface area contributed by atoms with Crippen LogP contribution in [0.25, 0.3) is 11.0 Å². The van der Waals surface area contributed by atoms with Gasteiger partial charge in [-0.05, 0) is 25.5 Å². The molecular weight excluding hydrogens is 378 g/mol. The highest BCUT2D eigenvalue weighted by molar-refractivity contribution is 5.97. The number of likely N-dealkylation sites (tertiary alicyclic amines) is 1. The van der Waals surface area contributed by atoms with E-state index in [0.29, 0.717) is 30.2 Å². The third kappa shape index (κ3) is 3.83. The van der Waals surface area contributed by atoms with E-state index in [-0.39, 0.29) is 23.0 Å². The summed E-state index contributed by atoms with van der Waals surface area (Å²) in [5, 5.41) is 3.23. The lowest BCUT2D eigenvalue weighted by Gasteiger charge is -2.19. The van der Waals surface area contributed by atoms with Crippen LogP contribution < -0.4 is 10.1 Å². The number of benzene rings is 2. The zero-order chi connectivity index (χ0) is 20.5. The molecule has 6 nitrogen and oxygen atoms in total. The topological polar surface area (TPSA) is 67.3 Å². The number of nitrogens with one attached hydrogen (secondary N) is 1. The number of amides is 1. The number of nitrogens with zero attached hydrogens (tertiary/aromatic N) is 3. The summed E-state index contributed by atoms with van der Waals surface area (Å²) in [6, 6.07) is 7.54. The summed E-state index contributed by atoms with van der Waals surface area (Å²) in [6.07, 6.45) is 2.21. The molecule has 0 radical (unpaired) electrons. The number of anilines is 1. The Morgan fingerprint density at radius 2 is 1.97 bits per heavy atom. The van der Waals surface area contributed by atoms with Crippen LogP contribution >= 0.6 is 0 Å². The van der Waals surface area contributed by atoms with Gasteiger partial charge in [0.15, 0.2) is 11.6 Å². The average Bonchev–Trinajstić information content (AvgIpc) is 3.17. The molecule has 29 heavy (non-hydrogen) atoms. The van der Waals surface area contributed by atoms with Crippen LogP contribution in [0.5, 0.6) is 5.75 Å². The standard InChI is InChI=1S/C21H20F2N4O2/c1-12-3-4-19(29-2)14(7-12)21(28)27-6-5-13(11-27)25-20-10-24-17-8-15(22)16(23)9-18(17)26-20/h3-4,7-10,13H,5-6,11H2,1-2H3,(H,25,26). The van der Waals surface area contributed by atoms with Crippen molar-refractivity contribution < 1.29 is 18.3 Å². The fourth-order valence-electron chi connectivity index (χ4n) is 3.51. The first-order chi connectivity index (χ1) is 13.9. The number of hydrogen-bond acceptors (Lipinski definition) is 5. The van der Waals surface area contributed by atoms with Crippen molar-refractivity contribution in [3.63, 3.8) is 0 Å². The largest absolute Gasteiger partial charge is 0.496 e. The van der Waals surface area contributed by atoms with Gasteiger partial charge in [0.05, 0.1) is 29.9 Å². The van der Waals surface area contributed by atoms with E-state index in [9.17, 15) is 13.6 Å². The number of aryl methyl sites for hydroxylation is 1. The third-order valence-corrected chi connectivity index (χ3v) is 5.00. The smallest absolute Gasteiger partial charge is 0.257 e. The monoisotopic (exact) mass is 398 g/mol. The maximum Gasteiger partial charge on any atom is 0.257 e. The van der Waals surface area contributed by atoms with Gasteiger partial charge in [0.25, 0.3) is 5.91 Å². The van der Waals surface area contributed by atoms with Gasteiger partial charge in [0, 0.05) is 31.3 Å². The Kier molecular flexibility index (Phi) is 5.00. The summed E-state index contributed by atoms with van der Waals surface area (Å²) in [4.78, 5) is 23.1. The third-order valence-electron chi connectivity index (χ3n) is 5.00. The molecule has 1 aliphatic heterocycles. The van der Waals surface area contributed by atoms with E-state index in [0.717, 1.165) is 24.1 Å². The fraction of sp³-hybridized carbons (Fsp3) is 0.286. The number of carbonyl (C=O) groups is 1. The minimum atomic E-state index is -0.964. The summed E-state index contributed by atoms with van der Waals surface area (Å²) in [7, 11) is 1.54. The minimum absolute atomic E-state index is 0.0215. The number of carbonyl (C=O) groups excluding carboxylic acids is 1. The zero-order valence-corrected chi connectivity index (χ0v) is 16.1. The molecule has 150 valence electrons. The SMILES string of the molecule is COc1ccc(C)cc1C(=O)N1CCC(Nc2cnc3cc(F)c(F)cc3n2)C1. The first-order valence-corrected chi connectivity index (χ1v) is 9.27. The van der Waals surface area contributed by atoms with E-state index in [1.807, 2.05) is 19.1 Å². The summed E-state index contributed by atoms with van der Waals surface area (Å²) in [5.74, 6) is -1.00. The fourth-order valence-corrected chi connectivity index (χ4v) is 3.51. The van der Waals surface area contributed by atoms with Crippen LogP contribution in [-0.2, 0) is 0 Å². The van der Waals surface area contributed by atoms with Gasteiger partial charge < -0.3 is 15.0 Å². The molecule has 1 aromatic heterocycles. The van der Waals surface area contributed by atoms with Gasteiger partial charge in [0.2, 0.25) is 0 Å². The summed E-state index contributed by atoms with van der Waals surface area (Å²) >= 11 is 0. The number of hydrogen-bond donors (Lipinski definition) is 1. The number of halogens is 2. The van der Waals surface area contributed by atoms with Gasteiger partial charge in [-0.15, -0.1) is 0 Å². The Morgan fingerprint density at radius 3 is 2.72 bits per heavy atom. The van der Waals surface area contributed by atoms with Gasteiger partial charge in [-0.25, -0.2) is 13.8 Å². The van der Waals surface area contributed by atoms with Crippen molar-refractivity contribution in [3.8, 4) is 5.75 Å². The summed E-state index contributed by atoms with van der Waals surface area (Å²) < 4.78 is 32.1. The van der Waals surface area contributed by atoms with Gasteiger partial charge in [0.1, 0.15) is 11.6 Å². The molecule has 0 saturated carbocycles. The lowest BCUT2D eigenvalue weighted by Crippen LogP contribution is -2.32. The summed E-state index contributed by atoms with van der Waals surface area (Å²) in [5.41, 5.74) is 2.07. The highest BCUT2D eigenvalue weighted by Crippen LogP contribution is 2.24. The zero-order valence-electron chi connectivity index (χ0n) is 16.1. The van der Waals surface area contributed by atoms with Crippen molar-refractivity contribution in [1.29, 1.82) is 0 Å². The van der Waals surface area contributed by atoms with Gasteiger partial charge in [-0.1, -0.05) is 11.6 Å². The van der Waals surface area contributed by atoms with Gasteiger partial charge in [-0.2, -0.15) is 0 Å². The molecular formula is C21H20F2N4O2. The van der Waals surface area contributed by atoms with Crippen molar-refractivity contribution in [3.05, 3.63) is 59.3 Å². The van der Waals surface area contributed by atoms with Crippen molar-refractivity contribution >= 4 is 22.8 Å². The van der Waals surface area contributed by atoms with Crippen LogP contribution in [0, 0.1) is 18.6 Å². The Balaban J connectivity index is 1.48. The summed E-state index contributed by atoms with van der Waals surface area (Å²) in [6.45, 7) is 3.01. The lowest BCUT2D eigenvalue weighted by molar-refractivity contribution is 0.0788. The van der Waals surface area contributed by atoms with Crippen molar-refractivity contribution in [2.24, 2.45) is 0 Å². The number of aromatic nitrogens is 2. The predicted octanol–water partition coefficient (Wildman–Crippen LogP) is 3.55. The first kappa shape index (κ1) is 19.0. The Labute approximate surface area is 166 Å². The molecule has 0 spiro atoms. The van der Waals surface area contributed by atoms with Crippen LogP contribution in [0.2, 0.25) is 0 Å². The van der Waals surface area contributed by atoms with Crippen LogP contribution in [0.1, 0.15) is 22.3 Å². The first-order valence-electron chi connectivity index (χ1n) is 9.27. The molecule has 1 N–H and O–H groups in total. The Morgan fingerprint density at radius 1 is 1.21 bits per heavy atom. The molecule has 0 aliphatic carbocycles. The number of methoxy groups -OCH3 is 1. The van der Waals surface area contributed by atoms with Crippen molar-refractivity contribution in [2.75, 3.05) is 25.5 Å². The second kappa shape index (κ2) is 7.62. The molecule has 3 aromatic rings. The molecule has 1 aliphatic rings. The van der Waals surface area contributed by atoms with E-state index < -0.39 is 11.6 Å². The second-order valence-corrected chi connectivity index (χ2v) is 7.10. The van der Waals surface area contributed by atoms with E-state index in [1.165, 1.54) is 6.20 Å². The van der Waals surface area contributed by atoms with Crippen LogP contribution in [0.3, 0.4) is 0 Å². The molecule has 2 heterocycles. The van der Waals surface area contributed by atoms with Gasteiger partial charge >= 0.3 is 0 Å². The normalized spacial score (nSPS) is 16.3. The number of rotatable bonds is 4. The van der Waals surface area contributed by atoms with Crippen molar-refractivity contribution in [1.82, 2.24) is 14.9 Å². The highest BCUT2D eigenvalue weighted by atomic mass is 19.2. The number of ether oxygens (including phenoxy) is 1. The molecule has 1 unspecified atom stereocenters. The Bertz CT molecular complexity index is 1090. The lowest BCUT2D eigenvalue weighted by atomic mass is 10.1. The van der Waals surface area contributed by atoms with E-state index >= 15 is 0 Å². The Hall–Kier alpha value is -3.29. The molecule has 2 aromatic carbocycles. The maximum atomic E-state index is 13.5. The molecule has 4 rings (SSSR count). The average molecular weight is 398 g/mol. The second-order valence-electron chi connectivity index (χ2n) is 7.10. The van der Waals surface area contributed by atoms with E-state index in [2.05, 4.69) is 15.3 Å². The predicted molar refractivity (Wildman–Crippen MR) is 105 cm³/mol. The van der Waals surface area contributed by atoms with Crippen molar-refractivity contribution in [2.45, 2.75) is 19.4 Å². The molecule has 8 heteroatoms. The highest BCUT2D eigenvalue weighted by Gasteiger charge is 2.28. The van der Waals surface area contributed by atoms with E-state index in [4.69, 9.17) is 4.74 Å². The molecule has 1 atom stereocenters. The molecule has 1 amide bonds. The van der Waals surface area contributed by atoms with E-state index in [1.54, 1.807) is 18.1 Å². The molecule has 1 fully saturated rings. The maximum absolute atomic E-state index is 13.5. The van der Waals surface area contributed by atoms with Gasteiger partial charge in [-0.3, -0.25) is 9.78 Å². The number of fused-ring (bicyclic) bond motifs is 1. The molecule has 0 bridgehead atoms.